The second kappa shape index (κ2) is 10.5. The maximum absolute atomic E-state index is 11.5. The summed E-state index contributed by atoms with van der Waals surface area (Å²) in [6.07, 6.45) is 8.68. The van der Waals surface area contributed by atoms with Gasteiger partial charge >= 0.3 is 6.09 Å². The average molecular weight is 513 g/mol. The van der Waals surface area contributed by atoms with Crippen molar-refractivity contribution in [3.05, 3.63) is 46.6 Å². The third-order valence-electron chi connectivity index (χ3n) is 7.39. The third-order valence-corrected chi connectivity index (χ3v) is 7.67. The third kappa shape index (κ3) is 5.08. The Hall–Kier alpha value is -3.04. The standard InChI is InChI=1S/C26H33ClN6O3/c1-3-8-33-9-6-15-12-20(21(35-2)13-16(15)7-10-33)30-26-29-14-19(27)24(32-26)31-22-17-4-5-18(11-17)23(22)36-25(28)34/h4-5,12-14,17-18,22-23H,3,6-11H2,1-2H3,(H2,28,34)(H2,29,30,31,32)/t17-,18+,22+,23-/m0/s1. The van der Waals surface area contributed by atoms with E-state index in [0.717, 1.165) is 56.8 Å². The number of nitrogens with two attached hydrogens (primary N) is 1. The Kier molecular flexibility index (Phi) is 7.20. The van der Waals surface area contributed by atoms with Gasteiger partial charge in [-0.15, -0.1) is 0 Å². The molecule has 192 valence electrons. The predicted octanol–water partition coefficient (Wildman–Crippen LogP) is 4.14. The minimum atomic E-state index is -0.781. The number of fused-ring (bicyclic) bond motifs is 3. The van der Waals surface area contributed by atoms with Gasteiger partial charge in [-0.25, -0.2) is 9.78 Å². The van der Waals surface area contributed by atoms with Crippen molar-refractivity contribution in [1.82, 2.24) is 14.9 Å². The number of carbonyl (C=O) groups excluding carboxylic acids is 1. The first-order chi connectivity index (χ1) is 17.4. The molecule has 9 nitrogen and oxygen atoms in total. The molecule has 2 aromatic rings. The van der Waals surface area contributed by atoms with Crippen molar-refractivity contribution in [1.29, 1.82) is 0 Å². The highest BCUT2D eigenvalue weighted by Gasteiger charge is 2.47. The number of benzene rings is 1. The van der Waals surface area contributed by atoms with Gasteiger partial charge < -0.3 is 30.7 Å². The molecular weight excluding hydrogens is 480 g/mol. The fourth-order valence-corrected chi connectivity index (χ4v) is 5.82. The molecule has 36 heavy (non-hydrogen) atoms. The summed E-state index contributed by atoms with van der Waals surface area (Å²) in [6, 6.07) is 4.10. The van der Waals surface area contributed by atoms with Gasteiger partial charge in [0.1, 0.15) is 16.9 Å². The summed E-state index contributed by atoms with van der Waals surface area (Å²) in [5, 5.41) is 7.09. The number of amides is 1. The van der Waals surface area contributed by atoms with Gasteiger partial charge in [-0.3, -0.25) is 0 Å². The second-order valence-electron chi connectivity index (χ2n) is 9.70. The minimum absolute atomic E-state index is 0.135. The number of nitrogens with zero attached hydrogens (tertiary/aromatic N) is 3. The molecule has 1 aromatic carbocycles. The molecule has 0 spiro atoms. The fraction of sp³-hybridized carbons (Fsp3) is 0.500. The lowest BCUT2D eigenvalue weighted by Crippen LogP contribution is -2.41. The molecule has 4 atom stereocenters. The van der Waals surface area contributed by atoms with Gasteiger partial charge in [0, 0.05) is 24.9 Å². The molecule has 2 heterocycles. The van der Waals surface area contributed by atoms with Gasteiger partial charge in [0.15, 0.2) is 5.82 Å². The first kappa shape index (κ1) is 24.6. The Labute approximate surface area is 216 Å². The van der Waals surface area contributed by atoms with E-state index in [1.165, 1.54) is 11.1 Å². The zero-order chi connectivity index (χ0) is 25.2. The van der Waals surface area contributed by atoms with Crippen LogP contribution in [0.1, 0.15) is 30.9 Å². The monoisotopic (exact) mass is 512 g/mol. The lowest BCUT2D eigenvalue weighted by Gasteiger charge is -2.28. The number of aromatic nitrogens is 2. The number of nitrogens with one attached hydrogen (secondary N) is 2. The van der Waals surface area contributed by atoms with Crippen LogP contribution in [0.3, 0.4) is 0 Å². The van der Waals surface area contributed by atoms with Gasteiger partial charge in [0.05, 0.1) is 25.0 Å². The minimum Gasteiger partial charge on any atom is -0.495 e. The molecule has 1 fully saturated rings. The van der Waals surface area contributed by atoms with Gasteiger partial charge in [0.25, 0.3) is 0 Å². The molecule has 0 saturated heterocycles. The number of carbonyl (C=O) groups is 1. The molecule has 1 saturated carbocycles. The van der Waals surface area contributed by atoms with Crippen molar-refractivity contribution in [2.45, 2.75) is 44.8 Å². The van der Waals surface area contributed by atoms with E-state index in [-0.39, 0.29) is 24.0 Å². The molecule has 0 radical (unpaired) electrons. The number of rotatable bonds is 8. The van der Waals surface area contributed by atoms with Gasteiger partial charge in [0.2, 0.25) is 5.95 Å². The van der Waals surface area contributed by atoms with Gasteiger partial charge in [-0.2, -0.15) is 4.98 Å². The molecule has 2 aliphatic carbocycles. The number of halogens is 1. The number of hydrogen-bond donors (Lipinski definition) is 3. The molecule has 0 unspecified atom stereocenters. The Morgan fingerprint density at radius 2 is 1.97 bits per heavy atom. The normalized spacial score (nSPS) is 24.8. The van der Waals surface area contributed by atoms with Crippen LogP contribution in [-0.2, 0) is 17.6 Å². The first-order valence-electron chi connectivity index (χ1n) is 12.6. The highest BCUT2D eigenvalue weighted by molar-refractivity contribution is 6.32. The molecular formula is C26H33ClN6O3. The van der Waals surface area contributed by atoms with Gasteiger partial charge in [-0.05, 0) is 55.5 Å². The van der Waals surface area contributed by atoms with E-state index in [1.807, 2.05) is 0 Å². The highest BCUT2D eigenvalue weighted by Crippen LogP contribution is 2.43. The average Bonchev–Trinajstić information content (AvgIpc) is 3.39. The van der Waals surface area contributed by atoms with Crippen LogP contribution in [0, 0.1) is 11.8 Å². The second-order valence-corrected chi connectivity index (χ2v) is 10.1. The number of hydrogen-bond acceptors (Lipinski definition) is 8. The Balaban J connectivity index is 1.36. The lowest BCUT2D eigenvalue weighted by molar-refractivity contribution is 0.0853. The van der Waals surface area contributed by atoms with Crippen molar-refractivity contribution in [2.24, 2.45) is 17.6 Å². The summed E-state index contributed by atoms with van der Waals surface area (Å²) < 4.78 is 11.1. The number of primary amides is 1. The van der Waals surface area contributed by atoms with E-state index in [9.17, 15) is 4.79 Å². The SMILES string of the molecule is CCCN1CCc2cc(Nc3ncc(Cl)c(N[C@H]4[C@@H](OC(N)=O)[C@@H]5C=C[C@H]4C5)n3)c(OC)cc2CC1. The van der Waals surface area contributed by atoms with Crippen molar-refractivity contribution in [3.8, 4) is 5.75 Å². The topological polar surface area (TPSA) is 115 Å². The molecule has 1 aromatic heterocycles. The van der Waals surface area contributed by atoms with E-state index < -0.39 is 6.09 Å². The zero-order valence-electron chi connectivity index (χ0n) is 20.7. The van der Waals surface area contributed by atoms with Crippen LogP contribution >= 0.6 is 11.6 Å². The molecule has 3 aliphatic rings. The van der Waals surface area contributed by atoms with Crippen LogP contribution in [0.25, 0.3) is 0 Å². The molecule has 1 amide bonds. The Bertz CT molecular complexity index is 1160. The van der Waals surface area contributed by atoms with Crippen LogP contribution in [-0.4, -0.2) is 59.9 Å². The van der Waals surface area contributed by atoms with Crippen LogP contribution in [0.4, 0.5) is 22.2 Å². The zero-order valence-corrected chi connectivity index (χ0v) is 21.4. The van der Waals surface area contributed by atoms with Crippen molar-refractivity contribution >= 4 is 35.1 Å². The molecule has 1 aliphatic heterocycles. The smallest absolute Gasteiger partial charge is 0.404 e. The van der Waals surface area contributed by atoms with Crippen LogP contribution in [0.5, 0.6) is 5.75 Å². The summed E-state index contributed by atoms with van der Waals surface area (Å²) in [6.45, 7) is 5.45. The number of ether oxygens (including phenoxy) is 2. The summed E-state index contributed by atoms with van der Waals surface area (Å²) >= 11 is 6.45. The van der Waals surface area contributed by atoms with E-state index in [4.69, 9.17) is 26.8 Å². The Morgan fingerprint density at radius 3 is 2.69 bits per heavy atom. The van der Waals surface area contributed by atoms with Crippen molar-refractivity contribution in [3.63, 3.8) is 0 Å². The van der Waals surface area contributed by atoms with Crippen LogP contribution < -0.4 is 21.1 Å². The summed E-state index contributed by atoms with van der Waals surface area (Å²) in [4.78, 5) is 23.0. The lowest BCUT2D eigenvalue weighted by atomic mass is 9.98. The maximum Gasteiger partial charge on any atom is 0.404 e. The van der Waals surface area contributed by atoms with Crippen molar-refractivity contribution < 1.29 is 14.3 Å². The highest BCUT2D eigenvalue weighted by atomic mass is 35.5. The van der Waals surface area contributed by atoms with Gasteiger partial charge in [-0.1, -0.05) is 30.7 Å². The van der Waals surface area contributed by atoms with E-state index in [2.05, 4.69) is 56.7 Å². The quantitative estimate of drug-likeness (QED) is 0.452. The van der Waals surface area contributed by atoms with Crippen LogP contribution in [0.2, 0.25) is 5.02 Å². The molecule has 5 rings (SSSR count). The first-order valence-corrected chi connectivity index (χ1v) is 13.0. The van der Waals surface area contributed by atoms with Crippen LogP contribution in [0.15, 0.2) is 30.5 Å². The molecule has 4 N–H and O–H groups in total. The molecule has 2 bridgehead atoms. The predicted molar refractivity (Wildman–Crippen MR) is 140 cm³/mol. The summed E-state index contributed by atoms with van der Waals surface area (Å²) in [7, 11) is 1.67. The number of anilines is 3. The van der Waals surface area contributed by atoms with E-state index >= 15 is 0 Å². The summed E-state index contributed by atoms with van der Waals surface area (Å²) in [5.74, 6) is 1.96. The fourth-order valence-electron chi connectivity index (χ4n) is 5.68. The van der Waals surface area contributed by atoms with Crippen molar-refractivity contribution in [2.75, 3.05) is 37.4 Å². The summed E-state index contributed by atoms with van der Waals surface area (Å²) in [5.41, 5.74) is 8.76. The Morgan fingerprint density at radius 1 is 1.22 bits per heavy atom. The number of methoxy groups -OCH3 is 1. The molecule has 10 heteroatoms. The maximum atomic E-state index is 11.5. The largest absolute Gasteiger partial charge is 0.495 e. The van der Waals surface area contributed by atoms with E-state index in [0.29, 0.717) is 16.8 Å². The van der Waals surface area contributed by atoms with E-state index in [1.54, 1.807) is 13.3 Å².